The predicted molar refractivity (Wildman–Crippen MR) is 187 cm³/mol. The molecule has 0 saturated heterocycles. The van der Waals surface area contributed by atoms with Crippen molar-refractivity contribution in [3.05, 3.63) is 51.5 Å². The number of nitrogens with zero attached hydrogens (tertiary/aromatic N) is 2. The van der Waals surface area contributed by atoms with Crippen molar-refractivity contribution in [1.29, 1.82) is 0 Å². The van der Waals surface area contributed by atoms with E-state index in [1.54, 1.807) is 31.4 Å². The van der Waals surface area contributed by atoms with E-state index >= 15 is 0 Å². The summed E-state index contributed by atoms with van der Waals surface area (Å²) in [6.45, 7) is 8.16. The van der Waals surface area contributed by atoms with Crippen LogP contribution >= 0.6 is 15.9 Å². The lowest BCUT2D eigenvalue weighted by molar-refractivity contribution is 0.0411. The number of aliphatic hydroxyl groups is 1. The van der Waals surface area contributed by atoms with Crippen molar-refractivity contribution in [2.24, 2.45) is 11.0 Å². The second-order valence-corrected chi connectivity index (χ2v) is 16.1. The summed E-state index contributed by atoms with van der Waals surface area (Å²) in [5, 5.41) is 15.3. The Hall–Kier alpha value is -2.14. The van der Waals surface area contributed by atoms with Crippen molar-refractivity contribution in [3.8, 4) is 11.5 Å². The zero-order valence-corrected chi connectivity index (χ0v) is 30.4. The molecular weight excluding hydrogens is 666 g/mol. The maximum Gasteiger partial charge on any atom is 0.276 e. The van der Waals surface area contributed by atoms with Crippen molar-refractivity contribution in [1.82, 2.24) is 9.73 Å². The first-order valence-electron chi connectivity index (χ1n) is 17.2. The third kappa shape index (κ3) is 7.30. The maximum absolute atomic E-state index is 13.0. The lowest BCUT2D eigenvalue weighted by atomic mass is 9.59. The van der Waals surface area contributed by atoms with Crippen LogP contribution in [0.5, 0.6) is 11.5 Å². The molecule has 254 valence electrons. The monoisotopic (exact) mass is 717 g/mol. The van der Waals surface area contributed by atoms with E-state index in [9.17, 15) is 13.5 Å². The average molecular weight is 719 g/mol. The standard InChI is InChI=1S/C36H52BrN3O5S/c1-5-6-7-8-9-10-11-12-13-18-40-23-27-20-31(44-4)34(37)35-33(27)36(22-29(40)24-41)26(3)19-28(21-32(36)45-35)38-39-46(42,43)30-16-14-25(2)15-17-30/h14-17,20,26,29,32,39,41H,5-13,18-19,21-24H2,1-4H3/t26-,29+,32-,36+/m1/s1. The number of rotatable bonds is 15. The van der Waals surface area contributed by atoms with Crippen LogP contribution < -0.4 is 14.3 Å². The molecule has 2 N–H and O–H groups in total. The first-order valence-corrected chi connectivity index (χ1v) is 19.5. The quantitative estimate of drug-likeness (QED) is 0.145. The normalized spacial score (nSPS) is 25.1. The van der Waals surface area contributed by atoms with Crippen LogP contribution in [0.15, 0.2) is 44.8 Å². The number of methoxy groups -OCH3 is 1. The summed E-state index contributed by atoms with van der Waals surface area (Å²) in [5.41, 5.74) is 3.83. The van der Waals surface area contributed by atoms with Crippen LogP contribution in [0.2, 0.25) is 0 Å². The number of aliphatic hydroxyl groups excluding tert-OH is 1. The van der Waals surface area contributed by atoms with E-state index in [1.165, 1.54) is 62.5 Å². The number of hydrazone groups is 1. The van der Waals surface area contributed by atoms with E-state index in [0.717, 1.165) is 53.2 Å². The Kier molecular flexibility index (Phi) is 11.8. The van der Waals surface area contributed by atoms with Crippen LogP contribution in [0.3, 0.4) is 0 Å². The number of ether oxygens (including phenoxy) is 2. The summed E-state index contributed by atoms with van der Waals surface area (Å²) in [7, 11) is -2.11. The van der Waals surface area contributed by atoms with Crippen molar-refractivity contribution >= 4 is 31.7 Å². The molecule has 1 aliphatic carbocycles. The molecule has 1 saturated carbocycles. The number of unbranched alkanes of at least 4 members (excludes halogenated alkanes) is 8. The molecule has 2 aliphatic heterocycles. The fourth-order valence-corrected chi connectivity index (χ4v) is 9.36. The Morgan fingerprint density at radius 1 is 1.09 bits per heavy atom. The van der Waals surface area contributed by atoms with Gasteiger partial charge >= 0.3 is 0 Å². The zero-order chi connectivity index (χ0) is 32.9. The predicted octanol–water partition coefficient (Wildman–Crippen LogP) is 7.63. The molecular formula is C36H52BrN3O5S. The third-order valence-corrected chi connectivity index (χ3v) is 12.5. The molecule has 0 unspecified atom stereocenters. The van der Waals surface area contributed by atoms with Gasteiger partial charge in [0.25, 0.3) is 10.0 Å². The van der Waals surface area contributed by atoms with Gasteiger partial charge in [0.15, 0.2) is 0 Å². The highest BCUT2D eigenvalue weighted by atomic mass is 79.9. The molecule has 2 aromatic rings. The highest BCUT2D eigenvalue weighted by Gasteiger charge is 2.59. The van der Waals surface area contributed by atoms with Gasteiger partial charge in [-0.1, -0.05) is 82.9 Å². The molecule has 4 atom stereocenters. The van der Waals surface area contributed by atoms with Crippen LogP contribution in [0.1, 0.15) is 108 Å². The fraction of sp³-hybridized carbons (Fsp3) is 0.639. The Balaban J connectivity index is 1.35. The summed E-state index contributed by atoms with van der Waals surface area (Å²) in [4.78, 5) is 5.15. The lowest BCUT2D eigenvalue weighted by Gasteiger charge is -2.45. The topological polar surface area (TPSA) is 100 Å². The highest BCUT2D eigenvalue weighted by Crippen LogP contribution is 2.60. The number of nitrogens with one attached hydrogen (secondary N) is 1. The fourth-order valence-electron chi connectivity index (χ4n) is 7.94. The van der Waals surface area contributed by atoms with Gasteiger partial charge in [-0.3, -0.25) is 4.90 Å². The Morgan fingerprint density at radius 3 is 2.41 bits per heavy atom. The first kappa shape index (κ1) is 35.2. The van der Waals surface area contributed by atoms with Crippen molar-refractivity contribution in [2.75, 3.05) is 20.3 Å². The molecule has 0 bridgehead atoms. The molecule has 1 fully saturated rings. The Morgan fingerprint density at radius 2 is 1.76 bits per heavy atom. The molecule has 0 amide bonds. The van der Waals surface area contributed by atoms with E-state index in [2.05, 4.69) is 50.7 Å². The maximum atomic E-state index is 13.0. The molecule has 5 rings (SSSR count). The number of hydrogen-bond donors (Lipinski definition) is 2. The Labute approximate surface area is 284 Å². The second kappa shape index (κ2) is 15.4. The Bertz CT molecular complexity index is 1480. The van der Waals surface area contributed by atoms with E-state index in [-0.39, 0.29) is 35.0 Å². The van der Waals surface area contributed by atoms with Crippen molar-refractivity contribution in [3.63, 3.8) is 0 Å². The number of aryl methyl sites for hydroxylation is 1. The minimum Gasteiger partial charge on any atom is -0.495 e. The first-order chi connectivity index (χ1) is 22.1. The second-order valence-electron chi connectivity index (χ2n) is 13.6. The number of hydrogen-bond acceptors (Lipinski definition) is 7. The SMILES string of the molecule is CCCCCCCCCCCN1Cc2cc(OC)c(Br)c3c2[C@@]2(C[C@H]1CO)[C@H](C)CC(=NNS(=O)(=O)c1ccc(C)cc1)C[C@H]2O3. The molecule has 0 radical (unpaired) electrons. The highest BCUT2D eigenvalue weighted by molar-refractivity contribution is 9.10. The van der Waals surface area contributed by atoms with Gasteiger partial charge in [0, 0.05) is 35.7 Å². The van der Waals surface area contributed by atoms with E-state index in [0.29, 0.717) is 12.8 Å². The van der Waals surface area contributed by atoms with E-state index in [1.807, 2.05) is 6.92 Å². The minimum absolute atomic E-state index is 0.00996. The molecule has 2 heterocycles. The molecule has 1 spiro atoms. The van der Waals surface area contributed by atoms with Crippen LogP contribution in [0.25, 0.3) is 0 Å². The van der Waals surface area contributed by atoms with Crippen LogP contribution in [-0.2, 0) is 22.0 Å². The van der Waals surface area contributed by atoms with Crippen LogP contribution in [-0.4, -0.2) is 56.5 Å². The average Bonchev–Trinajstić information content (AvgIpc) is 3.31. The summed E-state index contributed by atoms with van der Waals surface area (Å²) in [5.74, 6) is 1.66. The molecule has 10 heteroatoms. The smallest absolute Gasteiger partial charge is 0.276 e. The molecule has 8 nitrogen and oxygen atoms in total. The molecule has 3 aliphatic rings. The van der Waals surface area contributed by atoms with Crippen LogP contribution in [0, 0.1) is 12.8 Å². The third-order valence-electron chi connectivity index (χ3n) is 10.5. The van der Waals surface area contributed by atoms with Gasteiger partial charge in [0.05, 0.1) is 18.6 Å². The molecule has 46 heavy (non-hydrogen) atoms. The largest absolute Gasteiger partial charge is 0.495 e. The summed E-state index contributed by atoms with van der Waals surface area (Å²) >= 11 is 3.78. The van der Waals surface area contributed by atoms with Crippen LogP contribution in [0.4, 0.5) is 0 Å². The van der Waals surface area contributed by atoms with Gasteiger partial charge < -0.3 is 14.6 Å². The number of sulfonamides is 1. The van der Waals surface area contributed by atoms with Gasteiger partial charge in [0.1, 0.15) is 22.1 Å². The van der Waals surface area contributed by atoms with Gasteiger partial charge in [0.2, 0.25) is 0 Å². The number of halogens is 1. The van der Waals surface area contributed by atoms with Crippen molar-refractivity contribution < 1.29 is 23.0 Å². The summed E-state index contributed by atoms with van der Waals surface area (Å²) < 4.78 is 39.4. The van der Waals surface area contributed by atoms with Crippen molar-refractivity contribution in [2.45, 2.75) is 127 Å². The van der Waals surface area contributed by atoms with Gasteiger partial charge in [-0.2, -0.15) is 13.5 Å². The van der Waals surface area contributed by atoms with Gasteiger partial charge in [-0.05, 0) is 78.3 Å². The van der Waals surface area contributed by atoms with Gasteiger partial charge in [-0.25, -0.2) is 4.83 Å². The zero-order valence-electron chi connectivity index (χ0n) is 28.0. The summed E-state index contributed by atoms with van der Waals surface area (Å²) in [6, 6.07) is 8.89. The van der Waals surface area contributed by atoms with E-state index in [4.69, 9.17) is 9.47 Å². The minimum atomic E-state index is -3.79. The summed E-state index contributed by atoms with van der Waals surface area (Å²) in [6.07, 6.45) is 13.2. The van der Waals surface area contributed by atoms with E-state index < -0.39 is 10.0 Å². The number of benzene rings is 2. The van der Waals surface area contributed by atoms with Gasteiger partial charge in [-0.15, -0.1) is 0 Å². The lowest BCUT2D eigenvalue weighted by Crippen LogP contribution is -2.53. The molecule has 2 aromatic carbocycles. The molecule has 0 aromatic heterocycles.